The molecule has 0 radical (unpaired) electrons. The molecule has 5 rings (SSSR count). The summed E-state index contributed by atoms with van der Waals surface area (Å²) in [5.74, 6) is 1.99. The van der Waals surface area contributed by atoms with Gasteiger partial charge in [0.25, 0.3) is 5.91 Å². The number of ether oxygens (including phenoxy) is 3. The number of hydrogen-bond donors (Lipinski definition) is 2. The lowest BCUT2D eigenvalue weighted by molar-refractivity contribution is -0.907. The molecular formula is C28H31N2O5+. The predicted molar refractivity (Wildman–Crippen MR) is 132 cm³/mol. The van der Waals surface area contributed by atoms with Crippen LogP contribution in [-0.2, 0) is 4.79 Å². The van der Waals surface area contributed by atoms with Crippen molar-refractivity contribution in [1.82, 2.24) is 4.90 Å². The minimum Gasteiger partial charge on any atom is -0.491 e. The van der Waals surface area contributed by atoms with Gasteiger partial charge in [0.05, 0.1) is 26.2 Å². The smallest absolute Gasteiger partial charge is 0.267 e. The van der Waals surface area contributed by atoms with Gasteiger partial charge in [-0.3, -0.25) is 4.79 Å². The Balaban J connectivity index is 1.04. The van der Waals surface area contributed by atoms with Crippen molar-refractivity contribution in [2.75, 3.05) is 45.9 Å². The van der Waals surface area contributed by atoms with Crippen molar-refractivity contribution in [3.8, 4) is 28.4 Å². The number of hydrogen-bond acceptors (Lipinski definition) is 5. The molecular weight excluding hydrogens is 444 g/mol. The van der Waals surface area contributed by atoms with E-state index in [4.69, 9.17) is 14.2 Å². The number of amides is 1. The number of carbonyl (C=O) groups excluding carboxylic acids is 1. The molecule has 0 bridgehead atoms. The van der Waals surface area contributed by atoms with Crippen LogP contribution in [-0.4, -0.2) is 74.1 Å². The predicted octanol–water partition coefficient (Wildman–Crippen LogP) is 1.66. The van der Waals surface area contributed by atoms with Crippen LogP contribution >= 0.6 is 0 Å². The van der Waals surface area contributed by atoms with E-state index in [1.165, 1.54) is 4.90 Å². The van der Waals surface area contributed by atoms with Crippen LogP contribution in [0.1, 0.15) is 0 Å². The summed E-state index contributed by atoms with van der Waals surface area (Å²) in [5, 5.41) is 10.5. The zero-order valence-electron chi connectivity index (χ0n) is 19.6. The van der Waals surface area contributed by atoms with Gasteiger partial charge in [0, 0.05) is 0 Å². The zero-order valence-corrected chi connectivity index (χ0v) is 19.6. The van der Waals surface area contributed by atoms with Crippen LogP contribution in [0.15, 0.2) is 78.9 Å². The summed E-state index contributed by atoms with van der Waals surface area (Å²) in [4.78, 5) is 16.0. The van der Waals surface area contributed by atoms with Crippen LogP contribution in [0.3, 0.4) is 0 Å². The van der Waals surface area contributed by atoms with Crippen LogP contribution in [0.25, 0.3) is 11.1 Å². The molecule has 182 valence electrons. The van der Waals surface area contributed by atoms with E-state index in [1.54, 1.807) is 0 Å². The molecule has 1 saturated heterocycles. The maximum atomic E-state index is 12.9. The van der Waals surface area contributed by atoms with E-state index in [-0.39, 0.29) is 19.1 Å². The molecule has 2 heterocycles. The molecule has 2 N–H and O–H groups in total. The number of aliphatic hydroxyl groups excluding tert-OH is 1. The number of nitrogens with zero attached hydrogens (tertiary/aromatic N) is 1. The van der Waals surface area contributed by atoms with Gasteiger partial charge in [0.2, 0.25) is 6.10 Å². The van der Waals surface area contributed by atoms with Crippen molar-refractivity contribution >= 4 is 5.91 Å². The van der Waals surface area contributed by atoms with E-state index in [0.717, 1.165) is 30.0 Å². The molecule has 0 aliphatic carbocycles. The summed E-state index contributed by atoms with van der Waals surface area (Å²) in [5.41, 5.74) is 2.29. The highest BCUT2D eigenvalue weighted by molar-refractivity contribution is 5.82. The Morgan fingerprint density at radius 3 is 2.34 bits per heavy atom. The number of carbonyl (C=O) groups is 1. The molecule has 3 aromatic rings. The van der Waals surface area contributed by atoms with Gasteiger partial charge in [-0.05, 0) is 35.4 Å². The topological polar surface area (TPSA) is 72.7 Å². The van der Waals surface area contributed by atoms with Gasteiger partial charge < -0.3 is 29.1 Å². The standard InChI is InChI=1S/C28H30N2O5/c31-23(19-33-24-12-10-22(11-13-24)21-6-2-1-3-7-21)18-29-14-16-30(17-15-29)28(32)27-20-34-25-8-4-5-9-26(25)35-27/h1-13,23,27,31H,14-20H2/p+1/t23-,27+/m1/s1. The maximum absolute atomic E-state index is 12.9. The van der Waals surface area contributed by atoms with Crippen molar-refractivity contribution < 1.29 is 29.0 Å². The quantitative estimate of drug-likeness (QED) is 0.544. The van der Waals surface area contributed by atoms with Gasteiger partial charge in [-0.25, -0.2) is 0 Å². The lowest BCUT2D eigenvalue weighted by atomic mass is 10.1. The first kappa shape index (κ1) is 23.2. The fourth-order valence-electron chi connectivity index (χ4n) is 4.55. The summed E-state index contributed by atoms with van der Waals surface area (Å²) < 4.78 is 17.4. The Labute approximate surface area is 205 Å². The number of fused-ring (bicyclic) bond motifs is 1. The van der Waals surface area contributed by atoms with Crippen molar-refractivity contribution in [2.24, 2.45) is 0 Å². The SMILES string of the molecule is O=C([C@@H]1COc2ccccc2O1)N1CC[NH+](C[C@@H](O)COc2ccc(-c3ccccc3)cc2)CC1. The van der Waals surface area contributed by atoms with Crippen molar-refractivity contribution in [3.05, 3.63) is 78.9 Å². The lowest BCUT2D eigenvalue weighted by Gasteiger charge is -2.35. The number of para-hydroxylation sites is 2. The monoisotopic (exact) mass is 475 g/mol. The maximum Gasteiger partial charge on any atom is 0.267 e. The molecule has 1 fully saturated rings. The zero-order chi connectivity index (χ0) is 24.0. The number of quaternary nitrogens is 1. The summed E-state index contributed by atoms with van der Waals surface area (Å²) in [6.45, 7) is 3.86. The van der Waals surface area contributed by atoms with Crippen LogP contribution in [0.5, 0.6) is 17.2 Å². The van der Waals surface area contributed by atoms with Crippen molar-refractivity contribution in [1.29, 1.82) is 0 Å². The van der Waals surface area contributed by atoms with Gasteiger partial charge in [-0.1, -0.05) is 54.6 Å². The molecule has 0 spiro atoms. The number of piperazine rings is 1. The van der Waals surface area contributed by atoms with Crippen LogP contribution in [0.4, 0.5) is 0 Å². The average molecular weight is 476 g/mol. The molecule has 3 aromatic carbocycles. The van der Waals surface area contributed by atoms with Gasteiger partial charge in [-0.15, -0.1) is 0 Å². The Morgan fingerprint density at radius 1 is 0.943 bits per heavy atom. The first-order valence-electron chi connectivity index (χ1n) is 12.1. The largest absolute Gasteiger partial charge is 0.491 e. The molecule has 7 nitrogen and oxygen atoms in total. The second kappa shape index (κ2) is 10.8. The third-order valence-electron chi connectivity index (χ3n) is 6.49. The molecule has 0 saturated carbocycles. The number of aliphatic hydroxyl groups is 1. The van der Waals surface area contributed by atoms with Gasteiger partial charge >= 0.3 is 0 Å². The summed E-state index contributed by atoms with van der Waals surface area (Å²) in [6.07, 6.45) is -1.19. The molecule has 0 aromatic heterocycles. The van der Waals surface area contributed by atoms with E-state index < -0.39 is 12.2 Å². The number of benzene rings is 3. The third-order valence-corrected chi connectivity index (χ3v) is 6.49. The number of rotatable bonds is 7. The second-order valence-corrected chi connectivity index (χ2v) is 9.00. The Kier molecular flexibility index (Phi) is 7.16. The Morgan fingerprint density at radius 2 is 1.60 bits per heavy atom. The van der Waals surface area contributed by atoms with Gasteiger partial charge in [0.1, 0.15) is 31.6 Å². The Bertz CT molecular complexity index is 1110. The first-order chi connectivity index (χ1) is 17.2. The first-order valence-corrected chi connectivity index (χ1v) is 12.1. The van der Waals surface area contributed by atoms with Gasteiger partial charge in [-0.2, -0.15) is 0 Å². The fourth-order valence-corrected chi connectivity index (χ4v) is 4.55. The highest BCUT2D eigenvalue weighted by Gasteiger charge is 2.34. The summed E-state index contributed by atoms with van der Waals surface area (Å²) in [6, 6.07) is 25.5. The molecule has 0 unspecified atom stereocenters. The molecule has 35 heavy (non-hydrogen) atoms. The molecule has 1 amide bonds. The van der Waals surface area contributed by atoms with Gasteiger partial charge in [0.15, 0.2) is 11.5 Å². The highest BCUT2D eigenvalue weighted by Crippen LogP contribution is 2.31. The van der Waals surface area contributed by atoms with Crippen molar-refractivity contribution in [3.63, 3.8) is 0 Å². The Hall–Kier alpha value is -3.55. The van der Waals surface area contributed by atoms with Crippen LogP contribution < -0.4 is 19.1 Å². The second-order valence-electron chi connectivity index (χ2n) is 9.00. The normalized spacial score (nSPS) is 18.7. The average Bonchev–Trinajstić information content (AvgIpc) is 2.92. The highest BCUT2D eigenvalue weighted by atomic mass is 16.6. The molecule has 7 heteroatoms. The minimum atomic E-state index is -0.612. The number of nitrogens with one attached hydrogen (secondary N) is 1. The lowest BCUT2D eigenvalue weighted by Crippen LogP contribution is -3.16. The van der Waals surface area contributed by atoms with E-state index in [2.05, 4.69) is 12.1 Å². The van der Waals surface area contributed by atoms with E-state index >= 15 is 0 Å². The molecule has 2 atom stereocenters. The fraction of sp³-hybridized carbons (Fsp3) is 0.321. The van der Waals surface area contributed by atoms with Crippen molar-refractivity contribution in [2.45, 2.75) is 12.2 Å². The van der Waals surface area contributed by atoms with E-state index in [0.29, 0.717) is 31.1 Å². The summed E-state index contributed by atoms with van der Waals surface area (Å²) >= 11 is 0. The molecule has 2 aliphatic rings. The molecule has 2 aliphatic heterocycles. The minimum absolute atomic E-state index is 0.0404. The summed E-state index contributed by atoms with van der Waals surface area (Å²) in [7, 11) is 0. The van der Waals surface area contributed by atoms with Crippen LogP contribution in [0, 0.1) is 0 Å². The van der Waals surface area contributed by atoms with E-state index in [9.17, 15) is 9.90 Å². The van der Waals surface area contributed by atoms with Crippen LogP contribution in [0.2, 0.25) is 0 Å². The third kappa shape index (κ3) is 5.75. The van der Waals surface area contributed by atoms with E-state index in [1.807, 2.05) is 71.6 Å².